The van der Waals surface area contributed by atoms with E-state index in [1.54, 1.807) is 0 Å². The van der Waals surface area contributed by atoms with Gasteiger partial charge in [-0.3, -0.25) is 4.79 Å². The third-order valence-corrected chi connectivity index (χ3v) is 3.94. The highest BCUT2D eigenvalue weighted by atomic mass is 32.2. The molecule has 1 aliphatic heterocycles. The summed E-state index contributed by atoms with van der Waals surface area (Å²) in [6, 6.07) is 8.29. The van der Waals surface area contributed by atoms with Crippen molar-refractivity contribution in [2.24, 2.45) is 4.40 Å². The van der Waals surface area contributed by atoms with Crippen LogP contribution in [0, 0.1) is 0 Å². The highest BCUT2D eigenvalue weighted by Gasteiger charge is 2.15. The SMILES string of the molecule is CSN=Cc1ccc(CCC(=O)N2CCCCC2)cc1. The third-order valence-electron chi connectivity index (χ3n) is 3.62. The van der Waals surface area contributed by atoms with Crippen molar-refractivity contribution in [2.75, 3.05) is 19.3 Å². The minimum Gasteiger partial charge on any atom is -0.343 e. The maximum Gasteiger partial charge on any atom is 0.222 e. The van der Waals surface area contributed by atoms with Crippen LogP contribution in [-0.2, 0) is 11.2 Å². The predicted molar refractivity (Wildman–Crippen MR) is 86.3 cm³/mol. The van der Waals surface area contributed by atoms with E-state index in [1.807, 2.05) is 17.4 Å². The minimum atomic E-state index is 0.303. The standard InChI is InChI=1S/C16H22N2OS/c1-20-17-13-15-7-5-14(6-8-15)9-10-16(19)18-11-3-2-4-12-18/h5-8,13H,2-4,9-12H2,1H3. The molecule has 1 fully saturated rings. The van der Waals surface area contributed by atoms with Gasteiger partial charge in [-0.15, -0.1) is 0 Å². The molecular formula is C16H22N2OS. The summed E-state index contributed by atoms with van der Waals surface area (Å²) in [6.07, 6.45) is 8.84. The van der Waals surface area contributed by atoms with Crippen molar-refractivity contribution in [3.63, 3.8) is 0 Å². The summed E-state index contributed by atoms with van der Waals surface area (Å²) in [4.78, 5) is 14.1. The number of carbonyl (C=O) groups excluding carboxylic acids is 1. The van der Waals surface area contributed by atoms with E-state index in [4.69, 9.17) is 0 Å². The van der Waals surface area contributed by atoms with Crippen LogP contribution >= 0.6 is 11.9 Å². The van der Waals surface area contributed by atoms with Crippen molar-refractivity contribution in [2.45, 2.75) is 32.1 Å². The molecule has 1 saturated heterocycles. The summed E-state index contributed by atoms with van der Waals surface area (Å²) in [5, 5.41) is 0. The van der Waals surface area contributed by atoms with Crippen molar-refractivity contribution < 1.29 is 4.79 Å². The van der Waals surface area contributed by atoms with Gasteiger partial charge in [0.25, 0.3) is 0 Å². The Labute approximate surface area is 125 Å². The highest BCUT2D eigenvalue weighted by Crippen LogP contribution is 2.12. The third kappa shape index (κ3) is 4.67. The van der Waals surface area contributed by atoms with Gasteiger partial charge in [0.05, 0.1) is 0 Å². The van der Waals surface area contributed by atoms with Gasteiger partial charge < -0.3 is 4.90 Å². The van der Waals surface area contributed by atoms with Crippen LogP contribution in [0.3, 0.4) is 0 Å². The number of hydrogen-bond donors (Lipinski definition) is 0. The number of aryl methyl sites for hydroxylation is 1. The Bertz CT molecular complexity index is 450. The lowest BCUT2D eigenvalue weighted by Crippen LogP contribution is -2.35. The molecule has 0 spiro atoms. The van der Waals surface area contributed by atoms with Crippen molar-refractivity contribution in [3.05, 3.63) is 35.4 Å². The van der Waals surface area contributed by atoms with Crippen LogP contribution in [0.5, 0.6) is 0 Å². The van der Waals surface area contributed by atoms with Gasteiger partial charge in [0.15, 0.2) is 0 Å². The van der Waals surface area contributed by atoms with E-state index >= 15 is 0 Å². The lowest BCUT2D eigenvalue weighted by molar-refractivity contribution is -0.132. The zero-order valence-corrected chi connectivity index (χ0v) is 12.9. The van der Waals surface area contributed by atoms with E-state index in [0.29, 0.717) is 12.3 Å². The van der Waals surface area contributed by atoms with E-state index in [-0.39, 0.29) is 0 Å². The maximum atomic E-state index is 12.1. The molecule has 1 aromatic carbocycles. The molecule has 0 saturated carbocycles. The smallest absolute Gasteiger partial charge is 0.222 e. The topological polar surface area (TPSA) is 32.7 Å². The summed E-state index contributed by atoms with van der Waals surface area (Å²) in [7, 11) is 0. The van der Waals surface area contributed by atoms with Gasteiger partial charge in [0.1, 0.15) is 0 Å². The van der Waals surface area contributed by atoms with Gasteiger partial charge >= 0.3 is 0 Å². The van der Waals surface area contributed by atoms with Crippen LogP contribution in [0.4, 0.5) is 0 Å². The van der Waals surface area contributed by atoms with E-state index in [9.17, 15) is 4.79 Å². The zero-order chi connectivity index (χ0) is 14.2. The second-order valence-corrected chi connectivity index (χ2v) is 5.68. The van der Waals surface area contributed by atoms with Gasteiger partial charge in [-0.2, -0.15) is 0 Å². The first-order valence-corrected chi connectivity index (χ1v) is 8.41. The predicted octanol–water partition coefficient (Wildman–Crippen LogP) is 3.33. The van der Waals surface area contributed by atoms with Gasteiger partial charge in [-0.25, -0.2) is 4.40 Å². The average molecular weight is 290 g/mol. The average Bonchev–Trinajstić information content (AvgIpc) is 2.52. The number of amides is 1. The Hall–Kier alpha value is -1.29. The van der Waals surface area contributed by atoms with Crippen LogP contribution in [0.1, 0.15) is 36.8 Å². The quantitative estimate of drug-likeness (QED) is 0.615. The number of benzene rings is 1. The fourth-order valence-electron chi connectivity index (χ4n) is 2.44. The van der Waals surface area contributed by atoms with Crippen molar-refractivity contribution in [3.8, 4) is 0 Å². The summed E-state index contributed by atoms with van der Waals surface area (Å²) in [6.45, 7) is 1.89. The molecule has 1 aromatic rings. The second-order valence-electron chi connectivity index (χ2n) is 5.10. The Morgan fingerprint density at radius 2 is 1.95 bits per heavy atom. The molecule has 0 aliphatic carbocycles. The zero-order valence-electron chi connectivity index (χ0n) is 12.0. The van der Waals surface area contributed by atoms with Crippen LogP contribution < -0.4 is 0 Å². The van der Waals surface area contributed by atoms with Crippen LogP contribution in [0.2, 0.25) is 0 Å². The Morgan fingerprint density at radius 1 is 1.25 bits per heavy atom. The van der Waals surface area contributed by atoms with E-state index < -0.39 is 0 Å². The Balaban J connectivity index is 1.81. The number of rotatable bonds is 5. The van der Waals surface area contributed by atoms with Gasteiger partial charge in [-0.1, -0.05) is 24.3 Å². The van der Waals surface area contributed by atoms with Crippen molar-refractivity contribution in [1.29, 1.82) is 0 Å². The maximum absolute atomic E-state index is 12.1. The number of piperidine rings is 1. The Kier molecular flexibility index (Phi) is 6.12. The molecule has 1 aliphatic rings. The summed E-state index contributed by atoms with van der Waals surface area (Å²) >= 11 is 1.45. The van der Waals surface area contributed by atoms with Gasteiger partial charge in [0, 0.05) is 32.0 Å². The van der Waals surface area contributed by atoms with Crippen LogP contribution in [0.25, 0.3) is 0 Å². The minimum absolute atomic E-state index is 0.303. The molecule has 1 amide bonds. The summed E-state index contributed by atoms with van der Waals surface area (Å²) < 4.78 is 4.14. The highest BCUT2D eigenvalue weighted by molar-refractivity contribution is 7.97. The summed E-state index contributed by atoms with van der Waals surface area (Å²) in [5.74, 6) is 0.303. The molecule has 108 valence electrons. The van der Waals surface area contributed by atoms with Crippen molar-refractivity contribution >= 4 is 24.1 Å². The first kappa shape index (κ1) is 15.1. The van der Waals surface area contributed by atoms with E-state index in [0.717, 1.165) is 37.9 Å². The number of hydrogen-bond acceptors (Lipinski definition) is 3. The van der Waals surface area contributed by atoms with Gasteiger partial charge in [0.2, 0.25) is 5.91 Å². The molecule has 3 nitrogen and oxygen atoms in total. The largest absolute Gasteiger partial charge is 0.343 e. The summed E-state index contributed by atoms with van der Waals surface area (Å²) in [5.41, 5.74) is 2.32. The second kappa shape index (κ2) is 8.10. The van der Waals surface area contributed by atoms with Crippen LogP contribution in [-0.4, -0.2) is 36.4 Å². The molecule has 0 aromatic heterocycles. The van der Waals surface area contributed by atoms with Gasteiger partial charge in [-0.05, 0) is 48.8 Å². The fourth-order valence-corrected chi connectivity index (χ4v) is 2.66. The normalized spacial score (nSPS) is 15.8. The fraction of sp³-hybridized carbons (Fsp3) is 0.500. The molecule has 2 rings (SSSR count). The first-order valence-electron chi connectivity index (χ1n) is 7.23. The molecule has 1 heterocycles. The van der Waals surface area contributed by atoms with Crippen molar-refractivity contribution in [1.82, 2.24) is 4.90 Å². The molecule has 20 heavy (non-hydrogen) atoms. The van der Waals surface area contributed by atoms with E-state index in [2.05, 4.69) is 28.7 Å². The monoisotopic (exact) mass is 290 g/mol. The number of likely N-dealkylation sites (tertiary alicyclic amines) is 1. The molecule has 0 bridgehead atoms. The van der Waals surface area contributed by atoms with Crippen LogP contribution in [0.15, 0.2) is 28.7 Å². The molecule has 4 heteroatoms. The molecule has 0 unspecified atom stereocenters. The lowest BCUT2D eigenvalue weighted by Gasteiger charge is -2.26. The molecule has 0 radical (unpaired) electrons. The first-order chi connectivity index (χ1) is 9.79. The number of nitrogens with zero attached hydrogens (tertiary/aromatic N) is 2. The molecule has 0 N–H and O–H groups in total. The lowest BCUT2D eigenvalue weighted by atomic mass is 10.1. The molecular weight excluding hydrogens is 268 g/mol. The number of carbonyl (C=O) groups is 1. The molecule has 0 atom stereocenters. The Morgan fingerprint density at radius 3 is 2.60 bits per heavy atom. The van der Waals surface area contributed by atoms with E-state index in [1.165, 1.54) is 23.9 Å².